The number of benzene rings is 3. The van der Waals surface area contributed by atoms with Gasteiger partial charge in [0.2, 0.25) is 5.91 Å². The molecule has 2 nitrogen and oxygen atoms in total. The van der Waals surface area contributed by atoms with Crippen LogP contribution in [-0.4, -0.2) is 5.91 Å². The Hall–Kier alpha value is -2.87. The van der Waals surface area contributed by atoms with Crippen LogP contribution in [0.4, 0.5) is 5.69 Å². The van der Waals surface area contributed by atoms with Crippen LogP contribution in [0.3, 0.4) is 0 Å². The topological polar surface area (TPSA) is 20.3 Å². The summed E-state index contributed by atoms with van der Waals surface area (Å²) in [5.74, 6) is 0.387. The molecule has 0 saturated carbocycles. The van der Waals surface area contributed by atoms with Gasteiger partial charge >= 0.3 is 0 Å². The quantitative estimate of drug-likeness (QED) is 0.583. The Morgan fingerprint density at radius 1 is 0.769 bits per heavy atom. The van der Waals surface area contributed by atoms with Crippen LogP contribution >= 0.6 is 0 Å². The predicted molar refractivity (Wildman–Crippen MR) is 105 cm³/mol. The van der Waals surface area contributed by atoms with E-state index in [0.29, 0.717) is 0 Å². The van der Waals surface area contributed by atoms with Gasteiger partial charge in [-0.05, 0) is 42.0 Å². The van der Waals surface area contributed by atoms with Crippen molar-refractivity contribution in [3.63, 3.8) is 0 Å². The summed E-state index contributed by atoms with van der Waals surface area (Å²) in [6, 6.07) is 27.6. The molecule has 2 heteroatoms. The molecule has 3 aromatic rings. The normalized spacial score (nSPS) is 20.0. The summed E-state index contributed by atoms with van der Waals surface area (Å²) in [6.07, 6.45) is 3.04. The minimum absolute atomic E-state index is 0.105. The van der Waals surface area contributed by atoms with E-state index in [1.165, 1.54) is 22.3 Å². The third-order valence-corrected chi connectivity index (χ3v) is 5.77. The zero-order valence-electron chi connectivity index (χ0n) is 14.6. The first kappa shape index (κ1) is 15.4. The summed E-state index contributed by atoms with van der Waals surface area (Å²) in [5.41, 5.74) is 6.18. The zero-order valence-corrected chi connectivity index (χ0v) is 14.6. The molecular formula is C24H21NO. The fourth-order valence-corrected chi connectivity index (χ4v) is 4.54. The molecule has 2 atom stereocenters. The van der Waals surface area contributed by atoms with Crippen LogP contribution in [0.1, 0.15) is 30.0 Å². The number of anilines is 1. The van der Waals surface area contributed by atoms with Crippen LogP contribution in [0, 0.1) is 5.92 Å². The smallest absolute Gasteiger partial charge is 0.233 e. The summed E-state index contributed by atoms with van der Waals surface area (Å²) in [5, 5.41) is 0. The number of rotatable bonds is 4. The minimum Gasteiger partial charge on any atom is -0.303 e. The van der Waals surface area contributed by atoms with Gasteiger partial charge in [-0.1, -0.05) is 72.8 Å². The molecule has 26 heavy (non-hydrogen) atoms. The van der Waals surface area contributed by atoms with E-state index in [0.717, 1.165) is 24.9 Å². The average Bonchev–Trinajstić information content (AvgIpc) is 2.70. The number of carbonyl (C=O) groups is 1. The number of aryl methyl sites for hydroxylation is 1. The average molecular weight is 339 g/mol. The van der Waals surface area contributed by atoms with E-state index in [1.807, 2.05) is 17.0 Å². The van der Waals surface area contributed by atoms with E-state index in [1.54, 1.807) is 0 Å². The highest BCUT2D eigenvalue weighted by Gasteiger charge is 2.51. The molecule has 1 fully saturated rings. The van der Waals surface area contributed by atoms with Gasteiger partial charge in [0.25, 0.3) is 0 Å². The first-order valence-corrected chi connectivity index (χ1v) is 9.40. The number of hydrogen-bond acceptors (Lipinski definition) is 1. The lowest BCUT2D eigenvalue weighted by Gasteiger charge is -2.51. The van der Waals surface area contributed by atoms with Crippen LogP contribution in [0.25, 0.3) is 11.1 Å². The van der Waals surface area contributed by atoms with E-state index in [2.05, 4.69) is 66.7 Å². The first-order valence-electron chi connectivity index (χ1n) is 9.40. The highest BCUT2D eigenvalue weighted by molar-refractivity contribution is 6.08. The van der Waals surface area contributed by atoms with Crippen molar-refractivity contribution in [2.24, 2.45) is 5.92 Å². The summed E-state index contributed by atoms with van der Waals surface area (Å²) in [6.45, 7) is 0. The van der Waals surface area contributed by atoms with Crippen molar-refractivity contribution < 1.29 is 4.79 Å². The lowest BCUT2D eigenvalue weighted by atomic mass is 9.73. The molecule has 0 unspecified atom stereocenters. The highest BCUT2D eigenvalue weighted by atomic mass is 16.2. The third kappa shape index (κ3) is 2.29. The number of carbonyl (C=O) groups excluding carboxylic acids is 1. The van der Waals surface area contributed by atoms with E-state index in [9.17, 15) is 4.79 Å². The summed E-state index contributed by atoms with van der Waals surface area (Å²) in [4.78, 5) is 15.0. The van der Waals surface area contributed by atoms with Crippen molar-refractivity contribution in [2.75, 3.05) is 4.90 Å². The van der Waals surface area contributed by atoms with E-state index in [-0.39, 0.29) is 17.9 Å². The Labute approximate surface area is 154 Å². The van der Waals surface area contributed by atoms with Gasteiger partial charge in [0.1, 0.15) is 0 Å². The molecule has 128 valence electrons. The van der Waals surface area contributed by atoms with Gasteiger partial charge in [-0.3, -0.25) is 4.79 Å². The second-order valence-electron chi connectivity index (χ2n) is 7.24. The number of hydrogen-bond donors (Lipinski definition) is 0. The van der Waals surface area contributed by atoms with Crippen molar-refractivity contribution in [2.45, 2.75) is 25.3 Å². The molecule has 0 aromatic heterocycles. The molecule has 0 radical (unpaired) electrons. The van der Waals surface area contributed by atoms with Gasteiger partial charge in [0, 0.05) is 5.56 Å². The molecular weight excluding hydrogens is 318 g/mol. The largest absolute Gasteiger partial charge is 0.303 e. The fraction of sp³-hybridized carbons (Fsp3) is 0.208. The maximum absolute atomic E-state index is 12.9. The molecule has 2 aliphatic heterocycles. The number of fused-ring (bicyclic) bond motifs is 6. The lowest BCUT2D eigenvalue weighted by Crippen LogP contribution is -2.56. The molecule has 1 saturated heterocycles. The minimum atomic E-state index is 0.105. The molecule has 0 aliphatic carbocycles. The summed E-state index contributed by atoms with van der Waals surface area (Å²) in [7, 11) is 0. The maximum Gasteiger partial charge on any atom is 0.233 e. The second-order valence-corrected chi connectivity index (χ2v) is 7.24. The van der Waals surface area contributed by atoms with Gasteiger partial charge < -0.3 is 4.90 Å². The standard InChI is InChI=1S/C24H21NO/c26-24-21(15-8-11-17-9-2-1-3-10-17)23-20-14-5-4-12-18(20)19-13-6-7-16-22(19)25(23)24/h1-7,9-10,12-14,16,21,23H,8,11,15H2/t21-,23+/m0/s1. The van der Waals surface area contributed by atoms with Crippen LogP contribution in [0.2, 0.25) is 0 Å². The maximum atomic E-state index is 12.9. The van der Waals surface area contributed by atoms with Crippen molar-refractivity contribution in [1.29, 1.82) is 0 Å². The lowest BCUT2D eigenvalue weighted by molar-refractivity contribution is -0.130. The van der Waals surface area contributed by atoms with Crippen molar-refractivity contribution >= 4 is 11.6 Å². The third-order valence-electron chi connectivity index (χ3n) is 5.77. The van der Waals surface area contributed by atoms with Crippen molar-refractivity contribution in [3.8, 4) is 11.1 Å². The van der Waals surface area contributed by atoms with Crippen molar-refractivity contribution in [1.82, 2.24) is 0 Å². The Morgan fingerprint density at radius 2 is 1.46 bits per heavy atom. The van der Waals surface area contributed by atoms with Gasteiger partial charge in [0.15, 0.2) is 0 Å². The molecule has 2 heterocycles. The van der Waals surface area contributed by atoms with Crippen molar-refractivity contribution in [3.05, 3.63) is 90.0 Å². The van der Waals surface area contributed by atoms with Gasteiger partial charge in [-0.2, -0.15) is 0 Å². The number of amides is 1. The predicted octanol–water partition coefficient (Wildman–Crippen LogP) is 5.39. The summed E-state index contributed by atoms with van der Waals surface area (Å²) >= 11 is 0. The molecule has 0 N–H and O–H groups in total. The zero-order chi connectivity index (χ0) is 17.5. The fourth-order valence-electron chi connectivity index (χ4n) is 4.54. The molecule has 2 aliphatic rings. The Bertz CT molecular complexity index is 963. The highest BCUT2D eigenvalue weighted by Crippen LogP contribution is 2.54. The van der Waals surface area contributed by atoms with Gasteiger partial charge in [-0.25, -0.2) is 0 Å². The molecule has 3 aromatic carbocycles. The van der Waals surface area contributed by atoms with E-state index >= 15 is 0 Å². The summed E-state index contributed by atoms with van der Waals surface area (Å²) < 4.78 is 0. The molecule has 1 amide bonds. The Morgan fingerprint density at radius 3 is 2.31 bits per heavy atom. The SMILES string of the molecule is O=C1[C@@H](CCCc2ccccc2)[C@H]2c3ccccc3-c3ccccc3N12. The number of para-hydroxylation sites is 1. The number of β-lactam (4-membered cyclic amide) rings is 1. The van der Waals surface area contributed by atoms with E-state index in [4.69, 9.17) is 0 Å². The van der Waals surface area contributed by atoms with Gasteiger partial charge in [-0.15, -0.1) is 0 Å². The molecule has 0 spiro atoms. The van der Waals surface area contributed by atoms with E-state index < -0.39 is 0 Å². The molecule has 5 rings (SSSR count). The Kier molecular flexibility index (Phi) is 3.63. The Balaban J connectivity index is 1.41. The van der Waals surface area contributed by atoms with Crippen LogP contribution in [0.5, 0.6) is 0 Å². The van der Waals surface area contributed by atoms with Gasteiger partial charge in [0.05, 0.1) is 17.6 Å². The second kappa shape index (κ2) is 6.14. The molecule has 0 bridgehead atoms. The van der Waals surface area contributed by atoms with Crippen LogP contribution in [-0.2, 0) is 11.2 Å². The van der Waals surface area contributed by atoms with Crippen LogP contribution < -0.4 is 4.90 Å². The monoisotopic (exact) mass is 339 g/mol. The first-order chi connectivity index (χ1) is 12.8. The van der Waals surface area contributed by atoms with Crippen LogP contribution in [0.15, 0.2) is 78.9 Å². The number of nitrogens with zero attached hydrogens (tertiary/aromatic N) is 1.